The third kappa shape index (κ3) is 9.42. The largest absolute Gasteiger partial charge is 0.476 e. The maximum absolute atomic E-state index is 13.6. The number of esters is 1. The Morgan fingerprint density at radius 2 is 1.68 bits per heavy atom. The summed E-state index contributed by atoms with van der Waals surface area (Å²) in [6.45, 7) is 7.54. The van der Waals surface area contributed by atoms with Crippen LogP contribution in [0.2, 0.25) is 5.02 Å². The molecule has 2 aromatic rings. The number of benzene rings is 2. The number of urea groups is 1. The molecule has 210 valence electrons. The molecule has 0 saturated heterocycles. The SMILES string of the molecule is CCCCCCCN(Cc1ccccc1OC(C)(C)C(=O)OCC)C(=O)Nc1ccc(Cl)cc1C(F)(F)F. The van der Waals surface area contributed by atoms with Crippen LogP contribution < -0.4 is 10.1 Å². The highest BCUT2D eigenvalue weighted by Crippen LogP contribution is 2.36. The van der Waals surface area contributed by atoms with E-state index >= 15 is 0 Å². The molecule has 0 bridgehead atoms. The number of hydrogen-bond donors (Lipinski definition) is 1. The molecule has 0 spiro atoms. The van der Waals surface area contributed by atoms with E-state index in [0.29, 0.717) is 24.3 Å². The summed E-state index contributed by atoms with van der Waals surface area (Å²) >= 11 is 5.78. The molecule has 0 heterocycles. The zero-order chi connectivity index (χ0) is 28.3. The summed E-state index contributed by atoms with van der Waals surface area (Å²) in [5.41, 5.74) is -2.10. The number of alkyl halides is 3. The van der Waals surface area contributed by atoms with Gasteiger partial charge in [0.25, 0.3) is 0 Å². The van der Waals surface area contributed by atoms with Crippen molar-refractivity contribution >= 4 is 29.3 Å². The first-order valence-electron chi connectivity index (χ1n) is 12.8. The van der Waals surface area contributed by atoms with Crippen molar-refractivity contribution in [3.63, 3.8) is 0 Å². The second-order valence-electron chi connectivity index (χ2n) is 9.39. The van der Waals surface area contributed by atoms with Crippen LogP contribution in [0.25, 0.3) is 0 Å². The van der Waals surface area contributed by atoms with Gasteiger partial charge in [0.15, 0.2) is 5.60 Å². The average Bonchev–Trinajstić information content (AvgIpc) is 2.84. The molecule has 0 fully saturated rings. The van der Waals surface area contributed by atoms with Crippen molar-refractivity contribution in [1.29, 1.82) is 0 Å². The van der Waals surface area contributed by atoms with Gasteiger partial charge in [-0.05, 0) is 51.5 Å². The average molecular weight is 557 g/mol. The summed E-state index contributed by atoms with van der Waals surface area (Å²) in [5.74, 6) is -0.167. The highest BCUT2D eigenvalue weighted by molar-refractivity contribution is 6.30. The topological polar surface area (TPSA) is 67.9 Å². The predicted octanol–water partition coefficient (Wildman–Crippen LogP) is 8.08. The lowest BCUT2D eigenvalue weighted by atomic mass is 10.1. The number of halogens is 4. The lowest BCUT2D eigenvalue weighted by Crippen LogP contribution is -2.40. The first kappa shape index (κ1) is 31.3. The molecular formula is C28H36ClF3N2O4. The quantitative estimate of drug-likeness (QED) is 0.200. The molecule has 0 aliphatic carbocycles. The van der Waals surface area contributed by atoms with Crippen LogP contribution in [-0.2, 0) is 22.3 Å². The molecule has 1 N–H and O–H groups in total. The zero-order valence-corrected chi connectivity index (χ0v) is 23.0. The van der Waals surface area contributed by atoms with E-state index in [-0.39, 0.29) is 23.9 Å². The van der Waals surface area contributed by atoms with Gasteiger partial charge in [0.05, 0.1) is 24.4 Å². The van der Waals surface area contributed by atoms with Gasteiger partial charge in [-0.2, -0.15) is 13.2 Å². The number of nitrogens with zero attached hydrogens (tertiary/aromatic N) is 1. The van der Waals surface area contributed by atoms with E-state index in [1.54, 1.807) is 45.0 Å². The van der Waals surface area contributed by atoms with Crippen molar-refractivity contribution in [1.82, 2.24) is 4.90 Å². The number of para-hydroxylation sites is 1. The molecule has 2 rings (SSSR count). The van der Waals surface area contributed by atoms with Gasteiger partial charge in [-0.25, -0.2) is 9.59 Å². The third-order valence-electron chi connectivity index (χ3n) is 5.81. The minimum absolute atomic E-state index is 0.0592. The van der Waals surface area contributed by atoms with Gasteiger partial charge in [-0.3, -0.25) is 0 Å². The maximum Gasteiger partial charge on any atom is 0.418 e. The number of hydrogen-bond acceptors (Lipinski definition) is 4. The first-order chi connectivity index (χ1) is 17.9. The number of ether oxygens (including phenoxy) is 2. The van der Waals surface area contributed by atoms with Crippen molar-refractivity contribution in [3.05, 3.63) is 58.6 Å². The van der Waals surface area contributed by atoms with Crippen molar-refractivity contribution in [3.8, 4) is 5.75 Å². The molecule has 0 saturated carbocycles. The van der Waals surface area contributed by atoms with Crippen LogP contribution in [0, 0.1) is 0 Å². The molecule has 0 aliphatic heterocycles. The van der Waals surface area contributed by atoms with E-state index in [1.165, 1.54) is 11.0 Å². The molecule has 0 atom stereocenters. The van der Waals surface area contributed by atoms with E-state index in [2.05, 4.69) is 12.2 Å². The Hall–Kier alpha value is -2.94. The van der Waals surface area contributed by atoms with Crippen LogP contribution >= 0.6 is 11.6 Å². The van der Waals surface area contributed by atoms with Gasteiger partial charge in [0.1, 0.15) is 5.75 Å². The molecule has 38 heavy (non-hydrogen) atoms. The summed E-state index contributed by atoms with van der Waals surface area (Å²) in [5, 5.41) is 2.33. The maximum atomic E-state index is 13.6. The minimum Gasteiger partial charge on any atom is -0.476 e. The standard InChI is InChI=1S/C28H36ClF3N2O4/c1-5-7-8-9-12-17-34(26(36)33-23-16-15-21(29)18-22(23)28(30,31)32)19-20-13-10-11-14-24(20)38-27(3,4)25(35)37-6-2/h10-11,13-16,18H,5-9,12,17,19H2,1-4H3,(H,33,36). The number of carbonyl (C=O) groups is 2. The second-order valence-corrected chi connectivity index (χ2v) is 9.83. The number of anilines is 1. The van der Waals surface area contributed by atoms with E-state index in [9.17, 15) is 22.8 Å². The van der Waals surface area contributed by atoms with Crippen molar-refractivity contribution in [2.24, 2.45) is 0 Å². The van der Waals surface area contributed by atoms with E-state index in [4.69, 9.17) is 21.1 Å². The molecule has 0 radical (unpaired) electrons. The van der Waals surface area contributed by atoms with Gasteiger partial charge in [-0.1, -0.05) is 62.4 Å². The third-order valence-corrected chi connectivity index (χ3v) is 6.05. The highest BCUT2D eigenvalue weighted by Gasteiger charge is 2.35. The van der Waals surface area contributed by atoms with Gasteiger partial charge < -0.3 is 19.7 Å². The fourth-order valence-corrected chi connectivity index (χ4v) is 3.95. The van der Waals surface area contributed by atoms with Crippen LogP contribution in [0.4, 0.5) is 23.7 Å². The van der Waals surface area contributed by atoms with Crippen molar-refractivity contribution in [2.75, 3.05) is 18.5 Å². The minimum atomic E-state index is -4.70. The first-order valence-corrected chi connectivity index (χ1v) is 13.1. The van der Waals surface area contributed by atoms with Crippen LogP contribution in [-0.4, -0.2) is 35.7 Å². The fraction of sp³-hybridized carbons (Fsp3) is 0.500. The molecule has 2 amide bonds. The summed E-state index contributed by atoms with van der Waals surface area (Å²) in [6, 6.07) is 9.45. The molecule has 2 aromatic carbocycles. The van der Waals surface area contributed by atoms with Crippen molar-refractivity contribution < 1.29 is 32.2 Å². The molecule has 10 heteroatoms. The summed E-state index contributed by atoms with van der Waals surface area (Å²) in [7, 11) is 0. The van der Waals surface area contributed by atoms with Crippen LogP contribution in [0.3, 0.4) is 0 Å². The second kappa shape index (κ2) is 14.3. The molecule has 0 aliphatic rings. The molecule has 6 nitrogen and oxygen atoms in total. The van der Waals surface area contributed by atoms with Gasteiger partial charge in [0.2, 0.25) is 0 Å². The predicted molar refractivity (Wildman–Crippen MR) is 142 cm³/mol. The summed E-state index contributed by atoms with van der Waals surface area (Å²) in [6.07, 6.45) is -0.0300. The lowest BCUT2D eigenvalue weighted by Gasteiger charge is -2.28. The van der Waals surface area contributed by atoms with Crippen LogP contribution in [0.1, 0.15) is 70.9 Å². The monoisotopic (exact) mass is 556 g/mol. The summed E-state index contributed by atoms with van der Waals surface area (Å²) in [4.78, 5) is 27.1. The van der Waals surface area contributed by atoms with Gasteiger partial charge in [-0.15, -0.1) is 0 Å². The zero-order valence-electron chi connectivity index (χ0n) is 22.3. The normalized spacial score (nSPS) is 11.7. The van der Waals surface area contributed by atoms with Crippen LogP contribution in [0.5, 0.6) is 5.75 Å². The smallest absolute Gasteiger partial charge is 0.418 e. The Bertz CT molecular complexity index is 1080. The fourth-order valence-electron chi connectivity index (χ4n) is 3.77. The van der Waals surface area contributed by atoms with Crippen LogP contribution in [0.15, 0.2) is 42.5 Å². The van der Waals surface area contributed by atoms with E-state index in [0.717, 1.165) is 37.8 Å². The Morgan fingerprint density at radius 3 is 2.34 bits per heavy atom. The molecular weight excluding hydrogens is 521 g/mol. The molecule has 0 aromatic heterocycles. The Balaban J connectivity index is 2.31. The van der Waals surface area contributed by atoms with Crippen molar-refractivity contribution in [2.45, 2.75) is 78.1 Å². The molecule has 0 unspecified atom stereocenters. The number of unbranched alkanes of at least 4 members (excludes halogenated alkanes) is 4. The lowest BCUT2D eigenvalue weighted by molar-refractivity contribution is -0.158. The number of carbonyl (C=O) groups excluding carboxylic acids is 2. The Kier molecular flexibility index (Phi) is 11.8. The van der Waals surface area contributed by atoms with E-state index in [1.807, 2.05) is 0 Å². The highest BCUT2D eigenvalue weighted by atomic mass is 35.5. The summed E-state index contributed by atoms with van der Waals surface area (Å²) < 4.78 is 51.9. The van der Waals surface area contributed by atoms with Gasteiger partial charge in [0, 0.05) is 17.1 Å². The number of nitrogens with one attached hydrogen (secondary N) is 1. The van der Waals surface area contributed by atoms with Gasteiger partial charge >= 0.3 is 18.2 Å². The number of amides is 2. The Labute approximate surface area is 227 Å². The number of rotatable bonds is 13. The van der Waals surface area contributed by atoms with E-state index < -0.39 is 29.3 Å². The Morgan fingerprint density at radius 1 is 1.00 bits per heavy atom.